The number of allylic oxidation sites excluding steroid dienone is 1. The van der Waals surface area contributed by atoms with E-state index in [1.807, 2.05) is 97.9 Å². The van der Waals surface area contributed by atoms with E-state index in [1.54, 1.807) is 24.3 Å². The molecule has 0 aromatic heterocycles. The van der Waals surface area contributed by atoms with Crippen molar-refractivity contribution in [2.24, 2.45) is 0 Å². The molecule has 0 N–H and O–H groups in total. The van der Waals surface area contributed by atoms with E-state index in [0.717, 1.165) is 16.9 Å². The predicted molar refractivity (Wildman–Crippen MR) is 145 cm³/mol. The maximum absolute atomic E-state index is 13.3. The van der Waals surface area contributed by atoms with Crippen LogP contribution in [0.3, 0.4) is 0 Å². The Hall–Kier alpha value is -5.10. The molecule has 0 aliphatic carbocycles. The monoisotopic (exact) mass is 501 g/mol. The highest BCUT2D eigenvalue weighted by Gasteiger charge is 2.30. The Kier molecular flexibility index (Phi) is 5.98. The molecule has 2 heterocycles. The fraction of sp³-hybridized carbons (Fsp3) is 0.0625. The lowest BCUT2D eigenvalue weighted by atomic mass is 10.0. The summed E-state index contributed by atoms with van der Waals surface area (Å²) in [4.78, 5) is 27.8. The van der Waals surface area contributed by atoms with Crippen LogP contribution < -0.4 is 19.1 Å². The number of hydrogen-bond acceptors (Lipinski definition) is 5. The van der Waals surface area contributed by atoms with Crippen LogP contribution in [0.15, 0.2) is 121 Å². The van der Waals surface area contributed by atoms with Crippen LogP contribution in [0, 0.1) is 0 Å². The number of amides is 1. The Morgan fingerprint density at radius 1 is 0.842 bits per heavy atom. The fourth-order valence-electron chi connectivity index (χ4n) is 4.46. The quantitative estimate of drug-likeness (QED) is 0.274. The van der Waals surface area contributed by atoms with Gasteiger partial charge in [-0.25, -0.2) is 9.69 Å². The highest BCUT2D eigenvalue weighted by Crippen LogP contribution is 2.37. The lowest BCUT2D eigenvalue weighted by Gasteiger charge is -2.22. The fourth-order valence-corrected chi connectivity index (χ4v) is 4.46. The van der Waals surface area contributed by atoms with Gasteiger partial charge in [0.2, 0.25) is 5.78 Å². The van der Waals surface area contributed by atoms with Gasteiger partial charge in [0.05, 0.1) is 16.9 Å². The van der Waals surface area contributed by atoms with Gasteiger partial charge in [-0.1, -0.05) is 54.6 Å². The summed E-state index contributed by atoms with van der Waals surface area (Å²) in [5.41, 5.74) is 3.51. The van der Waals surface area contributed by atoms with Gasteiger partial charge in [-0.3, -0.25) is 4.79 Å². The maximum Gasteiger partial charge on any atom is 0.424 e. The molecule has 6 rings (SSSR count). The van der Waals surface area contributed by atoms with Crippen molar-refractivity contribution in [2.75, 3.05) is 4.90 Å². The zero-order valence-corrected chi connectivity index (χ0v) is 20.5. The number of anilines is 2. The number of para-hydroxylation sites is 3. The van der Waals surface area contributed by atoms with Crippen molar-refractivity contribution in [1.82, 2.24) is 0 Å². The molecule has 0 fully saturated rings. The van der Waals surface area contributed by atoms with Gasteiger partial charge in [0, 0.05) is 11.6 Å². The highest BCUT2D eigenvalue weighted by molar-refractivity contribution is 6.12. The van der Waals surface area contributed by atoms with E-state index in [-0.39, 0.29) is 23.4 Å². The average Bonchev–Trinajstić information content (AvgIpc) is 3.24. The molecular formula is C32H23NO5. The van der Waals surface area contributed by atoms with Gasteiger partial charge in [-0.2, -0.15) is 0 Å². The number of nitrogens with zero attached hydrogens (tertiary/aromatic N) is 1. The van der Waals surface area contributed by atoms with Crippen LogP contribution in [0.5, 0.6) is 17.2 Å². The van der Waals surface area contributed by atoms with Crippen molar-refractivity contribution < 1.29 is 23.8 Å². The van der Waals surface area contributed by atoms with Gasteiger partial charge < -0.3 is 14.2 Å². The number of carbonyl (C=O) groups excluding carboxylic acids is 2. The Balaban J connectivity index is 1.25. The smallest absolute Gasteiger partial charge is 0.424 e. The third-order valence-corrected chi connectivity index (χ3v) is 6.37. The van der Waals surface area contributed by atoms with Crippen molar-refractivity contribution in [1.29, 1.82) is 0 Å². The molecule has 0 saturated carbocycles. The van der Waals surface area contributed by atoms with Gasteiger partial charge >= 0.3 is 6.09 Å². The van der Waals surface area contributed by atoms with Crippen molar-refractivity contribution in [3.05, 3.63) is 132 Å². The second-order valence-electron chi connectivity index (χ2n) is 8.91. The van der Waals surface area contributed by atoms with E-state index in [4.69, 9.17) is 14.2 Å². The second-order valence-corrected chi connectivity index (χ2v) is 8.91. The molecule has 4 aromatic carbocycles. The summed E-state index contributed by atoms with van der Waals surface area (Å²) in [6, 6.07) is 31.0. The Bertz CT molecular complexity index is 1550. The Morgan fingerprint density at radius 2 is 1.50 bits per heavy atom. The first-order valence-electron chi connectivity index (χ1n) is 12.2. The van der Waals surface area contributed by atoms with E-state index >= 15 is 0 Å². The van der Waals surface area contributed by atoms with Crippen molar-refractivity contribution >= 4 is 29.3 Å². The summed E-state index contributed by atoms with van der Waals surface area (Å²) >= 11 is 0. The van der Waals surface area contributed by atoms with Gasteiger partial charge in [-0.05, 0) is 67.1 Å². The SMILES string of the molecule is C[C@H]1Oc2ccccc2C=C1/C=C1\Oc2cc(OC(=O)N(c3ccccc3)c3ccccc3)ccc2C1=O. The minimum absolute atomic E-state index is 0.194. The first kappa shape index (κ1) is 23.3. The van der Waals surface area contributed by atoms with E-state index < -0.39 is 6.09 Å². The maximum atomic E-state index is 13.3. The van der Waals surface area contributed by atoms with Gasteiger partial charge in [-0.15, -0.1) is 0 Å². The standard InChI is InChI=1S/C32H23NO5/c1-21-23(18-22-10-8-9-15-28(22)36-21)19-30-31(34)27-17-16-26(20-29(27)38-30)37-32(35)33(24-11-4-2-5-12-24)25-13-6-3-7-14-25/h2-21H,1H3/b30-19-/t21-/m1/s1. The normalized spacial score (nSPS) is 16.6. The van der Waals surface area contributed by atoms with Crippen LogP contribution in [0.25, 0.3) is 6.08 Å². The molecule has 0 unspecified atom stereocenters. The molecule has 0 radical (unpaired) electrons. The molecule has 4 aromatic rings. The molecule has 1 amide bonds. The molecule has 186 valence electrons. The largest absolute Gasteiger partial charge is 0.485 e. The lowest BCUT2D eigenvalue weighted by Crippen LogP contribution is -2.29. The van der Waals surface area contributed by atoms with Gasteiger partial charge in [0.1, 0.15) is 23.4 Å². The minimum atomic E-state index is -0.584. The number of rotatable bonds is 4. The summed E-state index contributed by atoms with van der Waals surface area (Å²) < 4.78 is 17.6. The molecule has 0 saturated heterocycles. The Morgan fingerprint density at radius 3 is 2.21 bits per heavy atom. The molecule has 2 aliphatic rings. The minimum Gasteiger partial charge on any atom is -0.485 e. The molecule has 2 aliphatic heterocycles. The first-order chi connectivity index (χ1) is 18.6. The summed E-state index contributed by atoms with van der Waals surface area (Å²) in [6.45, 7) is 1.92. The first-order valence-corrected chi connectivity index (χ1v) is 12.2. The molecule has 6 heteroatoms. The van der Waals surface area contributed by atoms with Crippen LogP contribution in [0.1, 0.15) is 22.8 Å². The van der Waals surface area contributed by atoms with Crippen molar-refractivity contribution in [3.8, 4) is 17.2 Å². The number of fused-ring (bicyclic) bond motifs is 2. The molecular weight excluding hydrogens is 478 g/mol. The number of ether oxygens (including phenoxy) is 3. The summed E-state index contributed by atoms with van der Waals surface area (Å²) in [5, 5.41) is 0. The van der Waals surface area contributed by atoms with Gasteiger partial charge in [0.15, 0.2) is 5.76 Å². The van der Waals surface area contributed by atoms with Crippen LogP contribution in [-0.4, -0.2) is 18.0 Å². The second kappa shape index (κ2) is 9.75. The van der Waals surface area contributed by atoms with Crippen molar-refractivity contribution in [2.45, 2.75) is 13.0 Å². The number of benzene rings is 4. The van der Waals surface area contributed by atoms with Crippen LogP contribution in [-0.2, 0) is 0 Å². The molecule has 38 heavy (non-hydrogen) atoms. The third kappa shape index (κ3) is 4.44. The lowest BCUT2D eigenvalue weighted by molar-refractivity contribution is 0.101. The summed E-state index contributed by atoms with van der Waals surface area (Å²) in [5.74, 6) is 1.36. The van der Waals surface area contributed by atoms with E-state index in [1.165, 1.54) is 4.90 Å². The highest BCUT2D eigenvalue weighted by atomic mass is 16.6. The number of hydrogen-bond donors (Lipinski definition) is 0. The van der Waals surface area contributed by atoms with Crippen LogP contribution in [0.4, 0.5) is 16.2 Å². The van der Waals surface area contributed by atoms with E-state index in [0.29, 0.717) is 22.7 Å². The molecule has 1 atom stereocenters. The van der Waals surface area contributed by atoms with Crippen LogP contribution in [0.2, 0.25) is 0 Å². The van der Waals surface area contributed by atoms with E-state index in [9.17, 15) is 9.59 Å². The predicted octanol–water partition coefficient (Wildman–Crippen LogP) is 7.35. The topological polar surface area (TPSA) is 65.1 Å². The van der Waals surface area contributed by atoms with Gasteiger partial charge in [0.25, 0.3) is 0 Å². The number of Topliss-reactive ketones (excluding diaryl/α,β-unsaturated/α-hetero) is 1. The zero-order valence-electron chi connectivity index (χ0n) is 20.5. The van der Waals surface area contributed by atoms with Crippen LogP contribution >= 0.6 is 0 Å². The summed E-state index contributed by atoms with van der Waals surface area (Å²) in [6.07, 6.45) is 2.88. The van der Waals surface area contributed by atoms with Crippen molar-refractivity contribution in [3.63, 3.8) is 0 Å². The number of carbonyl (C=O) groups is 2. The summed E-state index contributed by atoms with van der Waals surface area (Å²) in [7, 11) is 0. The Labute approximate surface area is 220 Å². The molecule has 6 nitrogen and oxygen atoms in total. The molecule has 0 bridgehead atoms. The average molecular weight is 502 g/mol. The van der Waals surface area contributed by atoms with E-state index in [2.05, 4.69) is 0 Å². The third-order valence-electron chi connectivity index (χ3n) is 6.37. The number of ketones is 1. The molecule has 0 spiro atoms. The zero-order chi connectivity index (χ0) is 26.1.